The zero-order valence-electron chi connectivity index (χ0n) is 14.6. The van der Waals surface area contributed by atoms with Crippen LogP contribution in [0.3, 0.4) is 0 Å². The summed E-state index contributed by atoms with van der Waals surface area (Å²) in [5.74, 6) is -0.240. The Kier molecular flexibility index (Phi) is 8.76. The van der Waals surface area contributed by atoms with E-state index in [-0.39, 0.29) is 0 Å². The first-order valence-corrected chi connectivity index (χ1v) is 8.80. The van der Waals surface area contributed by atoms with E-state index < -0.39 is 11.6 Å². The van der Waals surface area contributed by atoms with E-state index in [2.05, 4.69) is 17.1 Å². The summed E-state index contributed by atoms with van der Waals surface area (Å²) in [6.07, 6.45) is 6.97. The zero-order valence-corrected chi connectivity index (χ0v) is 15.4. The van der Waals surface area contributed by atoms with Gasteiger partial charge in [0.05, 0.1) is 0 Å². The van der Waals surface area contributed by atoms with E-state index in [0.717, 1.165) is 24.8 Å². The Morgan fingerprint density at radius 3 is 2.50 bits per heavy atom. The van der Waals surface area contributed by atoms with E-state index in [1.54, 1.807) is 25.1 Å². The van der Waals surface area contributed by atoms with Crippen LogP contribution in [0.5, 0.6) is 5.75 Å². The van der Waals surface area contributed by atoms with Crippen LogP contribution in [0.2, 0.25) is 5.02 Å². The molecule has 0 heterocycles. The minimum Gasteiger partial charge on any atom is -0.475 e. The van der Waals surface area contributed by atoms with E-state index in [9.17, 15) is 9.70 Å². The summed E-state index contributed by atoms with van der Waals surface area (Å²) in [5.41, 5.74) is -0.444. The first-order chi connectivity index (χ1) is 11.4. The second-order valence-corrected chi connectivity index (χ2v) is 6.65. The number of carbonyl (C=O) groups is 1. The van der Waals surface area contributed by atoms with Crippen LogP contribution in [0.15, 0.2) is 23.5 Å². The Labute approximate surface area is 148 Å². The van der Waals surface area contributed by atoms with Gasteiger partial charge in [-0.15, -0.1) is 4.91 Å². The lowest BCUT2D eigenvalue weighted by atomic mass is 9.97. The van der Waals surface area contributed by atoms with Gasteiger partial charge < -0.3 is 4.74 Å². The third-order valence-electron chi connectivity index (χ3n) is 4.03. The van der Waals surface area contributed by atoms with Gasteiger partial charge in [0.15, 0.2) is 5.34 Å². The number of unbranched alkanes of at least 4 members (excludes halogenated alkanes) is 5. The van der Waals surface area contributed by atoms with Gasteiger partial charge in [0, 0.05) is 5.02 Å². The van der Waals surface area contributed by atoms with Crippen LogP contribution in [0.25, 0.3) is 0 Å². The number of ether oxygens (including phenoxy) is 1. The molecule has 24 heavy (non-hydrogen) atoms. The van der Waals surface area contributed by atoms with Crippen molar-refractivity contribution in [2.45, 2.75) is 71.3 Å². The summed E-state index contributed by atoms with van der Waals surface area (Å²) in [5, 5.41) is 2.84. The normalized spacial score (nSPS) is 13.2. The van der Waals surface area contributed by atoms with E-state index in [0.29, 0.717) is 17.2 Å². The molecule has 1 aromatic rings. The third kappa shape index (κ3) is 6.48. The second kappa shape index (κ2) is 10.3. The molecule has 0 aliphatic rings. The summed E-state index contributed by atoms with van der Waals surface area (Å²) in [4.78, 5) is 26.8. The maximum absolute atomic E-state index is 12.1. The molecule has 0 saturated carbocycles. The number of hydrogen-bond acceptors (Lipinski definition) is 5. The van der Waals surface area contributed by atoms with Crippen molar-refractivity contribution in [3.05, 3.63) is 33.7 Å². The number of hydrogen-bond donors (Lipinski definition) is 0. The van der Waals surface area contributed by atoms with Gasteiger partial charge in [-0.2, -0.15) is 0 Å². The van der Waals surface area contributed by atoms with Crippen LogP contribution >= 0.6 is 11.6 Å². The van der Waals surface area contributed by atoms with Crippen molar-refractivity contribution >= 4 is 17.6 Å². The molecule has 0 fully saturated rings. The van der Waals surface area contributed by atoms with Crippen molar-refractivity contribution in [3.63, 3.8) is 0 Å². The number of aryl methyl sites for hydroxylation is 1. The first kappa shape index (κ1) is 20.4. The molecule has 0 saturated heterocycles. The zero-order chi connectivity index (χ0) is 18.0. The first-order valence-electron chi connectivity index (χ1n) is 8.42. The van der Waals surface area contributed by atoms with Crippen molar-refractivity contribution in [1.29, 1.82) is 0 Å². The maximum atomic E-state index is 12.1. The monoisotopic (exact) mass is 355 g/mol. The molecule has 134 valence electrons. The van der Waals surface area contributed by atoms with Crippen molar-refractivity contribution < 1.29 is 14.4 Å². The van der Waals surface area contributed by atoms with Crippen LogP contribution in [0, 0.1) is 11.8 Å². The molecular formula is C18H26ClNO4. The lowest BCUT2D eigenvalue weighted by Gasteiger charge is -2.27. The van der Waals surface area contributed by atoms with Crippen LogP contribution < -0.4 is 4.74 Å². The van der Waals surface area contributed by atoms with Gasteiger partial charge in [-0.05, 0) is 50.5 Å². The number of benzene rings is 1. The van der Waals surface area contributed by atoms with Gasteiger partial charge >= 0.3 is 5.97 Å². The molecule has 0 spiro atoms. The quantitative estimate of drug-likeness (QED) is 0.287. The van der Waals surface area contributed by atoms with E-state index in [1.807, 2.05) is 6.92 Å². The SMILES string of the molecule is CCCCCCCCC(C)(Oc1ccc(Cl)cc1C)C(=O)ON=O. The Hall–Kier alpha value is -1.62. The van der Waals surface area contributed by atoms with Crippen molar-refractivity contribution in [1.82, 2.24) is 0 Å². The average Bonchev–Trinajstić information content (AvgIpc) is 2.54. The fourth-order valence-electron chi connectivity index (χ4n) is 2.54. The number of nitrogens with zero attached hydrogens (tertiary/aromatic N) is 1. The molecule has 1 rings (SSSR count). The highest BCUT2D eigenvalue weighted by molar-refractivity contribution is 6.30. The van der Waals surface area contributed by atoms with Gasteiger partial charge in [-0.3, -0.25) is 4.84 Å². The summed E-state index contributed by atoms with van der Waals surface area (Å²) in [6, 6.07) is 5.16. The van der Waals surface area contributed by atoms with Crippen LogP contribution in [-0.2, 0) is 9.63 Å². The maximum Gasteiger partial charge on any atom is 0.381 e. The minimum absolute atomic E-state index is 0.454. The molecule has 1 aromatic carbocycles. The molecule has 6 heteroatoms. The molecule has 0 aliphatic carbocycles. The van der Waals surface area contributed by atoms with Gasteiger partial charge in [-0.25, -0.2) is 4.79 Å². The molecule has 1 unspecified atom stereocenters. The Bertz CT molecular complexity index is 550. The van der Waals surface area contributed by atoms with Crippen molar-refractivity contribution in [3.8, 4) is 5.75 Å². The lowest BCUT2D eigenvalue weighted by Crippen LogP contribution is -2.42. The smallest absolute Gasteiger partial charge is 0.381 e. The number of carbonyl (C=O) groups excluding carboxylic acids is 1. The molecule has 0 bridgehead atoms. The highest BCUT2D eigenvalue weighted by Gasteiger charge is 2.38. The molecule has 0 radical (unpaired) electrons. The van der Waals surface area contributed by atoms with Gasteiger partial charge in [-0.1, -0.05) is 50.6 Å². The van der Waals surface area contributed by atoms with E-state index >= 15 is 0 Å². The van der Waals surface area contributed by atoms with Gasteiger partial charge in [0.1, 0.15) is 5.75 Å². The number of rotatable bonds is 11. The molecule has 0 aliphatic heterocycles. The van der Waals surface area contributed by atoms with Gasteiger partial charge in [0.25, 0.3) is 0 Å². The standard InChI is InChI=1S/C18H26ClNO4/c1-4-5-6-7-8-9-12-18(3,17(21)24-20-22)23-16-11-10-15(19)13-14(16)2/h10-11,13H,4-9,12H2,1-3H3. The predicted molar refractivity (Wildman–Crippen MR) is 95.1 cm³/mol. The van der Waals surface area contributed by atoms with E-state index in [1.165, 1.54) is 19.3 Å². The van der Waals surface area contributed by atoms with Gasteiger partial charge in [0.2, 0.25) is 5.60 Å². The molecule has 1 atom stereocenters. The van der Waals surface area contributed by atoms with Crippen molar-refractivity contribution in [2.75, 3.05) is 0 Å². The lowest BCUT2D eigenvalue weighted by molar-refractivity contribution is -0.162. The molecule has 0 amide bonds. The topological polar surface area (TPSA) is 65.0 Å². The average molecular weight is 356 g/mol. The molecule has 0 N–H and O–H groups in total. The largest absolute Gasteiger partial charge is 0.475 e. The Morgan fingerprint density at radius 2 is 1.88 bits per heavy atom. The molecule has 5 nitrogen and oxygen atoms in total. The Balaban J connectivity index is 2.74. The van der Waals surface area contributed by atoms with E-state index in [4.69, 9.17) is 16.3 Å². The summed E-state index contributed by atoms with van der Waals surface area (Å²) in [7, 11) is 0. The summed E-state index contributed by atoms with van der Waals surface area (Å²) < 4.78 is 5.90. The Morgan fingerprint density at radius 1 is 1.21 bits per heavy atom. The highest BCUT2D eigenvalue weighted by atomic mass is 35.5. The van der Waals surface area contributed by atoms with Crippen LogP contribution in [0.4, 0.5) is 0 Å². The van der Waals surface area contributed by atoms with Crippen LogP contribution in [-0.4, -0.2) is 11.6 Å². The summed E-state index contributed by atoms with van der Waals surface area (Å²) in [6.45, 7) is 5.64. The minimum atomic E-state index is -1.25. The molecular weight excluding hydrogens is 330 g/mol. The van der Waals surface area contributed by atoms with Crippen LogP contribution in [0.1, 0.15) is 64.4 Å². The summed E-state index contributed by atoms with van der Waals surface area (Å²) >= 11 is 5.94. The third-order valence-corrected chi connectivity index (χ3v) is 4.27. The number of halogens is 1. The predicted octanol–water partition coefficient (Wildman–Crippen LogP) is 5.76. The van der Waals surface area contributed by atoms with Crippen molar-refractivity contribution in [2.24, 2.45) is 5.34 Å². The second-order valence-electron chi connectivity index (χ2n) is 6.21. The fraction of sp³-hybridized carbons (Fsp3) is 0.611. The molecule has 0 aromatic heterocycles. The fourth-order valence-corrected chi connectivity index (χ4v) is 2.76. The highest BCUT2D eigenvalue weighted by Crippen LogP contribution is 2.29.